The van der Waals surface area contributed by atoms with Crippen LogP contribution in [-0.2, 0) is 26.2 Å². The summed E-state index contributed by atoms with van der Waals surface area (Å²) in [5, 5.41) is 23.5. The number of tetrazole rings is 1. The number of nitrogens with zero attached hydrogens (tertiary/aromatic N) is 7. The van der Waals surface area contributed by atoms with Crippen LogP contribution in [0.4, 0.5) is 0 Å². The number of unbranched alkanes of at least 4 members (excludes halogenated alkanes) is 1. The predicted molar refractivity (Wildman–Crippen MR) is 180 cm³/mol. The maximum absolute atomic E-state index is 6.34. The van der Waals surface area contributed by atoms with Crippen molar-refractivity contribution in [2.24, 2.45) is 0 Å². The predicted octanol–water partition coefficient (Wildman–Crippen LogP) is 7.22. The lowest BCUT2D eigenvalue weighted by molar-refractivity contribution is 0.277. The topological polar surface area (TPSA) is 117 Å². The van der Waals surface area contributed by atoms with E-state index in [1.165, 1.54) is 0 Å². The lowest BCUT2D eigenvalue weighted by atomic mass is 9.98. The number of hydrogen-bond donors (Lipinski definition) is 1. The highest BCUT2D eigenvalue weighted by molar-refractivity contribution is 5.85. The Morgan fingerprint density at radius 2 is 1.30 bits per heavy atom. The van der Waals surface area contributed by atoms with Crippen molar-refractivity contribution in [2.45, 2.75) is 45.9 Å². The van der Waals surface area contributed by atoms with E-state index in [9.17, 15) is 0 Å². The number of imidazole rings is 1. The molecule has 234 valence electrons. The van der Waals surface area contributed by atoms with Crippen LogP contribution in [0, 0.1) is 0 Å². The largest absolute Gasteiger partial charge is 0.470 e. The molecule has 10 nitrogen and oxygen atoms in total. The minimum absolute atomic E-state index is 0.360. The van der Waals surface area contributed by atoms with E-state index in [0.29, 0.717) is 42.9 Å². The first-order valence-electron chi connectivity index (χ1n) is 15.8. The molecule has 0 saturated carbocycles. The smallest absolute Gasteiger partial charge is 0.262 e. The molecule has 3 heterocycles. The quantitative estimate of drug-likeness (QED) is 0.143. The van der Waals surface area contributed by atoms with Gasteiger partial charge in [0.1, 0.15) is 24.6 Å². The molecule has 1 N–H and O–H groups in total. The zero-order chi connectivity index (χ0) is 31.8. The summed E-state index contributed by atoms with van der Waals surface area (Å²) in [4.78, 5) is 5.11. The third-order valence-electron chi connectivity index (χ3n) is 8.01. The molecule has 0 amide bonds. The van der Waals surface area contributed by atoms with Gasteiger partial charge in [0, 0.05) is 18.5 Å². The number of H-pyrrole nitrogens is 1. The van der Waals surface area contributed by atoms with Crippen molar-refractivity contribution in [3.63, 3.8) is 0 Å². The summed E-state index contributed by atoms with van der Waals surface area (Å²) >= 11 is 0. The summed E-state index contributed by atoms with van der Waals surface area (Å²) in [6.45, 7) is 3.48. The fourth-order valence-corrected chi connectivity index (χ4v) is 5.58. The summed E-state index contributed by atoms with van der Waals surface area (Å²) in [7, 11) is 0. The zero-order valence-corrected chi connectivity index (χ0v) is 26.1. The molecule has 0 bridgehead atoms. The van der Waals surface area contributed by atoms with Crippen LogP contribution in [0.1, 0.15) is 42.3 Å². The van der Waals surface area contributed by atoms with Crippen molar-refractivity contribution < 1.29 is 9.47 Å². The van der Waals surface area contributed by atoms with Gasteiger partial charge in [0.05, 0.1) is 0 Å². The molecule has 0 unspecified atom stereocenters. The molecule has 0 radical (unpaired) electrons. The third kappa shape index (κ3) is 6.72. The van der Waals surface area contributed by atoms with Crippen LogP contribution >= 0.6 is 0 Å². The molecule has 7 aromatic rings. The highest BCUT2D eigenvalue weighted by atomic mass is 16.5. The molecule has 7 rings (SSSR count). The van der Waals surface area contributed by atoms with Gasteiger partial charge in [0.2, 0.25) is 0 Å². The first kappa shape index (κ1) is 29.8. The van der Waals surface area contributed by atoms with E-state index in [0.717, 1.165) is 64.0 Å². The van der Waals surface area contributed by atoms with Crippen molar-refractivity contribution in [1.29, 1.82) is 0 Å². The summed E-state index contributed by atoms with van der Waals surface area (Å²) < 4.78 is 14.8. The van der Waals surface area contributed by atoms with Crippen molar-refractivity contribution in [1.82, 2.24) is 40.4 Å². The van der Waals surface area contributed by atoms with Crippen LogP contribution in [0.15, 0.2) is 109 Å². The summed E-state index contributed by atoms with van der Waals surface area (Å²) in [6, 6.07) is 36.7. The summed E-state index contributed by atoms with van der Waals surface area (Å²) in [6.07, 6.45) is 2.85. The zero-order valence-electron chi connectivity index (χ0n) is 26.1. The van der Waals surface area contributed by atoms with Crippen molar-refractivity contribution in [3.05, 3.63) is 132 Å². The molecule has 0 spiro atoms. The number of hydrogen-bond acceptors (Lipinski definition) is 8. The van der Waals surface area contributed by atoms with Gasteiger partial charge in [-0.25, -0.2) is 10.1 Å². The highest BCUT2D eigenvalue weighted by Crippen LogP contribution is 2.33. The monoisotopic (exact) mass is 622 g/mol. The Kier molecular flexibility index (Phi) is 8.89. The average Bonchev–Trinajstić information content (AvgIpc) is 3.80. The SMILES string of the molecule is CCCCc1nc2c(OCc3ccccc3)nnc(OCc3ccccc3)c2n1Cc1ccc(-c2ccccc2-c2nnn[nH]2)cc1. The molecule has 4 aromatic carbocycles. The molecule has 3 aromatic heterocycles. The van der Waals surface area contributed by atoms with E-state index in [1.54, 1.807) is 0 Å². The van der Waals surface area contributed by atoms with Crippen LogP contribution in [0.2, 0.25) is 0 Å². The Bertz CT molecular complexity index is 2040. The van der Waals surface area contributed by atoms with Crippen LogP contribution in [-0.4, -0.2) is 40.4 Å². The maximum Gasteiger partial charge on any atom is 0.262 e. The first-order chi connectivity index (χ1) is 23.3. The average molecular weight is 623 g/mol. The Balaban J connectivity index is 1.26. The fourth-order valence-electron chi connectivity index (χ4n) is 5.58. The normalized spacial score (nSPS) is 11.2. The molecule has 0 fully saturated rings. The molecule has 0 aliphatic rings. The van der Waals surface area contributed by atoms with E-state index in [4.69, 9.17) is 14.5 Å². The van der Waals surface area contributed by atoms with Gasteiger partial charge < -0.3 is 14.0 Å². The minimum Gasteiger partial charge on any atom is -0.470 e. The number of aromatic nitrogens is 8. The Hall–Kier alpha value is -5.90. The fraction of sp³-hybridized carbons (Fsp3) is 0.189. The number of aryl methyl sites for hydroxylation is 1. The van der Waals surface area contributed by atoms with Gasteiger partial charge in [0.25, 0.3) is 11.8 Å². The number of benzene rings is 4. The third-order valence-corrected chi connectivity index (χ3v) is 8.01. The van der Waals surface area contributed by atoms with Gasteiger partial charge >= 0.3 is 0 Å². The van der Waals surface area contributed by atoms with Gasteiger partial charge in [-0.3, -0.25) is 0 Å². The number of nitrogens with one attached hydrogen (secondary N) is 1. The summed E-state index contributed by atoms with van der Waals surface area (Å²) in [5.74, 6) is 2.39. The lowest BCUT2D eigenvalue weighted by Gasteiger charge is -2.14. The highest BCUT2D eigenvalue weighted by Gasteiger charge is 2.22. The molecule has 47 heavy (non-hydrogen) atoms. The number of ether oxygens (including phenoxy) is 2. The van der Waals surface area contributed by atoms with Gasteiger partial charge in [-0.15, -0.1) is 15.3 Å². The van der Waals surface area contributed by atoms with E-state index in [-0.39, 0.29) is 0 Å². The van der Waals surface area contributed by atoms with Crippen LogP contribution in [0.5, 0.6) is 11.8 Å². The Labute approximate surface area is 272 Å². The van der Waals surface area contributed by atoms with E-state index in [2.05, 4.69) is 72.6 Å². The van der Waals surface area contributed by atoms with Crippen LogP contribution < -0.4 is 9.47 Å². The van der Waals surface area contributed by atoms with Crippen LogP contribution in [0.25, 0.3) is 33.5 Å². The second kappa shape index (κ2) is 14.0. The number of fused-ring (bicyclic) bond motifs is 1. The van der Waals surface area contributed by atoms with Crippen molar-refractivity contribution in [2.75, 3.05) is 0 Å². The summed E-state index contributed by atoms with van der Waals surface area (Å²) in [5.41, 5.74) is 7.67. The van der Waals surface area contributed by atoms with Crippen molar-refractivity contribution in [3.8, 4) is 34.3 Å². The molecular weight excluding hydrogens is 588 g/mol. The Morgan fingerprint density at radius 1 is 0.660 bits per heavy atom. The number of aromatic amines is 1. The minimum atomic E-state index is 0.360. The van der Waals surface area contributed by atoms with E-state index >= 15 is 0 Å². The first-order valence-corrected chi connectivity index (χ1v) is 15.8. The molecule has 0 atom stereocenters. The van der Waals surface area contributed by atoms with E-state index < -0.39 is 0 Å². The molecule has 0 saturated heterocycles. The van der Waals surface area contributed by atoms with Gasteiger partial charge in [-0.05, 0) is 44.7 Å². The van der Waals surface area contributed by atoms with Gasteiger partial charge in [-0.2, -0.15) is 0 Å². The Morgan fingerprint density at radius 3 is 1.96 bits per heavy atom. The lowest BCUT2D eigenvalue weighted by Crippen LogP contribution is -2.08. The second-order valence-electron chi connectivity index (χ2n) is 11.3. The molecule has 0 aliphatic carbocycles. The van der Waals surface area contributed by atoms with Crippen molar-refractivity contribution >= 4 is 11.0 Å². The maximum atomic E-state index is 6.34. The molecule has 10 heteroatoms. The molecular formula is C37H34N8O2. The van der Waals surface area contributed by atoms with Gasteiger partial charge in [0.15, 0.2) is 11.3 Å². The van der Waals surface area contributed by atoms with Crippen LogP contribution in [0.3, 0.4) is 0 Å². The second-order valence-corrected chi connectivity index (χ2v) is 11.3. The van der Waals surface area contributed by atoms with Gasteiger partial charge in [-0.1, -0.05) is 123 Å². The molecule has 0 aliphatic heterocycles. The number of rotatable bonds is 13. The van der Waals surface area contributed by atoms with E-state index in [1.807, 2.05) is 78.9 Å². The standard InChI is InChI=1S/C37H34N8O2/c1-2-3-18-32-38-33-34(37(47-25-28-14-8-5-9-15-28)42-41-36(33)46-24-27-12-6-4-7-13-27)45(32)23-26-19-21-29(22-20-26)30-16-10-11-17-31(30)35-39-43-44-40-35/h4-17,19-22H,2-3,18,23-25H2,1H3,(H,39,40,43,44).